The molecule has 0 aromatic heterocycles. The maximum atomic E-state index is 5.96. The van der Waals surface area contributed by atoms with E-state index in [4.69, 9.17) is 4.74 Å². The second-order valence-corrected chi connectivity index (χ2v) is 4.88. The third-order valence-electron chi connectivity index (χ3n) is 3.63. The molecule has 0 amide bonds. The number of rotatable bonds is 3. The Morgan fingerprint density at radius 2 is 1.37 bits per heavy atom. The summed E-state index contributed by atoms with van der Waals surface area (Å²) >= 11 is 0. The van der Waals surface area contributed by atoms with Crippen molar-refractivity contribution >= 4 is 0 Å². The molecule has 0 radical (unpaired) electrons. The van der Waals surface area contributed by atoms with Gasteiger partial charge in [0, 0.05) is 5.92 Å². The van der Waals surface area contributed by atoms with Crippen molar-refractivity contribution in [3.05, 3.63) is 83.9 Å². The van der Waals surface area contributed by atoms with Gasteiger partial charge in [0.1, 0.15) is 0 Å². The highest BCUT2D eigenvalue weighted by Gasteiger charge is 2.25. The Bertz CT molecular complexity index is 491. The molecule has 0 fully saturated rings. The summed E-state index contributed by atoms with van der Waals surface area (Å²) in [7, 11) is 0. The minimum atomic E-state index is 0.231. The normalized spacial score (nSPS) is 18.7. The lowest BCUT2D eigenvalue weighted by Gasteiger charge is -2.29. The number of hydrogen-bond donors (Lipinski definition) is 0. The van der Waals surface area contributed by atoms with Crippen LogP contribution in [-0.2, 0) is 4.74 Å². The van der Waals surface area contributed by atoms with Crippen LogP contribution in [-0.4, -0.2) is 12.7 Å². The van der Waals surface area contributed by atoms with E-state index in [2.05, 4.69) is 72.8 Å². The molecular formula is C18H18O. The van der Waals surface area contributed by atoms with E-state index in [9.17, 15) is 0 Å². The molecule has 0 spiro atoms. The Balaban J connectivity index is 1.98. The van der Waals surface area contributed by atoms with Gasteiger partial charge in [0.05, 0.1) is 12.7 Å². The van der Waals surface area contributed by atoms with E-state index in [-0.39, 0.29) is 6.10 Å². The average molecular weight is 250 g/mol. The van der Waals surface area contributed by atoms with E-state index in [1.807, 2.05) is 0 Å². The standard InChI is InChI=1S/C18H18O/c1-3-9-15(10-4-1)18(16-11-5-2-6-12-16)17-13-7-8-14-19-17/h1-12,17-18H,13-14H2/t17-/m1/s1. The van der Waals surface area contributed by atoms with E-state index in [1.54, 1.807) is 0 Å². The number of benzene rings is 2. The van der Waals surface area contributed by atoms with Crippen LogP contribution in [0.25, 0.3) is 0 Å². The van der Waals surface area contributed by atoms with Crippen LogP contribution in [0.5, 0.6) is 0 Å². The van der Waals surface area contributed by atoms with Crippen LogP contribution in [0.1, 0.15) is 23.5 Å². The molecule has 0 saturated heterocycles. The molecule has 0 aliphatic carbocycles. The summed E-state index contributed by atoms with van der Waals surface area (Å²) in [5.41, 5.74) is 2.66. The fourth-order valence-electron chi connectivity index (χ4n) is 2.72. The summed E-state index contributed by atoms with van der Waals surface area (Å²) < 4.78 is 5.96. The Morgan fingerprint density at radius 1 is 0.789 bits per heavy atom. The lowest BCUT2D eigenvalue weighted by atomic mass is 9.84. The second kappa shape index (κ2) is 5.85. The van der Waals surface area contributed by atoms with Crippen molar-refractivity contribution in [3.8, 4) is 0 Å². The van der Waals surface area contributed by atoms with E-state index < -0.39 is 0 Å². The van der Waals surface area contributed by atoms with Crippen molar-refractivity contribution in [3.63, 3.8) is 0 Å². The first-order valence-electron chi connectivity index (χ1n) is 6.81. The summed E-state index contributed by atoms with van der Waals surface area (Å²) in [6.45, 7) is 0.723. The molecule has 0 unspecified atom stereocenters. The first-order chi connectivity index (χ1) is 9.45. The van der Waals surface area contributed by atoms with Gasteiger partial charge in [-0.1, -0.05) is 72.8 Å². The van der Waals surface area contributed by atoms with Crippen molar-refractivity contribution in [1.82, 2.24) is 0 Å². The predicted molar refractivity (Wildman–Crippen MR) is 78.2 cm³/mol. The Hall–Kier alpha value is -1.86. The molecule has 2 aromatic carbocycles. The maximum Gasteiger partial charge on any atom is 0.0722 e. The zero-order chi connectivity index (χ0) is 12.9. The molecule has 1 nitrogen and oxygen atoms in total. The van der Waals surface area contributed by atoms with Gasteiger partial charge in [-0.3, -0.25) is 0 Å². The second-order valence-electron chi connectivity index (χ2n) is 4.88. The zero-order valence-corrected chi connectivity index (χ0v) is 10.9. The number of hydrogen-bond acceptors (Lipinski definition) is 1. The van der Waals surface area contributed by atoms with Crippen LogP contribution in [0.2, 0.25) is 0 Å². The largest absolute Gasteiger partial charge is 0.373 e. The van der Waals surface area contributed by atoms with Gasteiger partial charge in [0.2, 0.25) is 0 Å². The molecule has 1 aliphatic heterocycles. The fourth-order valence-corrected chi connectivity index (χ4v) is 2.72. The molecule has 0 saturated carbocycles. The molecule has 0 N–H and O–H groups in total. The van der Waals surface area contributed by atoms with Gasteiger partial charge in [-0.25, -0.2) is 0 Å². The number of ether oxygens (including phenoxy) is 1. The lowest BCUT2D eigenvalue weighted by Crippen LogP contribution is -2.25. The van der Waals surface area contributed by atoms with Crippen LogP contribution in [0, 0.1) is 0 Å². The Morgan fingerprint density at radius 3 is 1.84 bits per heavy atom. The Labute approximate surface area is 114 Å². The minimum absolute atomic E-state index is 0.231. The van der Waals surface area contributed by atoms with Crippen molar-refractivity contribution in [2.45, 2.75) is 18.4 Å². The van der Waals surface area contributed by atoms with Crippen LogP contribution in [0.3, 0.4) is 0 Å². The highest BCUT2D eigenvalue weighted by Crippen LogP contribution is 2.32. The molecule has 1 heterocycles. The summed E-state index contributed by atoms with van der Waals surface area (Å²) in [6, 6.07) is 21.3. The smallest absolute Gasteiger partial charge is 0.0722 e. The van der Waals surface area contributed by atoms with E-state index >= 15 is 0 Å². The average Bonchev–Trinajstić information content (AvgIpc) is 2.51. The van der Waals surface area contributed by atoms with Crippen LogP contribution in [0.15, 0.2) is 72.8 Å². The van der Waals surface area contributed by atoms with Gasteiger partial charge >= 0.3 is 0 Å². The molecule has 2 aromatic rings. The third-order valence-corrected chi connectivity index (χ3v) is 3.63. The highest BCUT2D eigenvalue weighted by atomic mass is 16.5. The Kier molecular flexibility index (Phi) is 3.75. The zero-order valence-electron chi connectivity index (χ0n) is 10.9. The summed E-state index contributed by atoms with van der Waals surface area (Å²) in [4.78, 5) is 0. The molecule has 19 heavy (non-hydrogen) atoms. The first-order valence-corrected chi connectivity index (χ1v) is 6.81. The first kappa shape index (κ1) is 12.2. The molecule has 0 bridgehead atoms. The monoisotopic (exact) mass is 250 g/mol. The third kappa shape index (κ3) is 2.77. The minimum Gasteiger partial charge on any atom is -0.373 e. The van der Waals surface area contributed by atoms with Gasteiger partial charge < -0.3 is 4.74 Å². The van der Waals surface area contributed by atoms with Crippen molar-refractivity contribution < 1.29 is 4.74 Å². The van der Waals surface area contributed by atoms with Crippen molar-refractivity contribution in [1.29, 1.82) is 0 Å². The van der Waals surface area contributed by atoms with Gasteiger partial charge in [0.25, 0.3) is 0 Å². The summed E-state index contributed by atoms with van der Waals surface area (Å²) in [5, 5.41) is 0. The SMILES string of the molecule is C1=CC[C@H](C(c2ccccc2)c2ccccc2)OC1. The van der Waals surface area contributed by atoms with Gasteiger partial charge in [-0.15, -0.1) is 0 Å². The molecule has 1 heteroatoms. The van der Waals surface area contributed by atoms with Crippen LogP contribution >= 0.6 is 0 Å². The lowest BCUT2D eigenvalue weighted by molar-refractivity contribution is 0.0561. The molecule has 1 aliphatic rings. The van der Waals surface area contributed by atoms with Crippen molar-refractivity contribution in [2.75, 3.05) is 6.61 Å². The maximum absolute atomic E-state index is 5.96. The van der Waals surface area contributed by atoms with Gasteiger partial charge in [-0.2, -0.15) is 0 Å². The molecule has 96 valence electrons. The summed E-state index contributed by atoms with van der Waals surface area (Å²) in [5.74, 6) is 0.312. The topological polar surface area (TPSA) is 9.23 Å². The van der Waals surface area contributed by atoms with Gasteiger partial charge in [0.15, 0.2) is 0 Å². The molecule has 3 rings (SSSR count). The quantitative estimate of drug-likeness (QED) is 0.743. The molecular weight excluding hydrogens is 232 g/mol. The predicted octanol–water partition coefficient (Wildman–Crippen LogP) is 4.16. The van der Waals surface area contributed by atoms with E-state index in [1.165, 1.54) is 11.1 Å². The van der Waals surface area contributed by atoms with E-state index in [0.29, 0.717) is 5.92 Å². The molecule has 1 atom stereocenters. The van der Waals surface area contributed by atoms with Crippen molar-refractivity contribution in [2.24, 2.45) is 0 Å². The highest BCUT2D eigenvalue weighted by molar-refractivity contribution is 5.34. The summed E-state index contributed by atoms with van der Waals surface area (Å²) in [6.07, 6.45) is 5.54. The fraction of sp³-hybridized carbons (Fsp3) is 0.222. The van der Waals surface area contributed by atoms with E-state index in [0.717, 1.165) is 13.0 Å². The van der Waals surface area contributed by atoms with Crippen LogP contribution < -0.4 is 0 Å². The van der Waals surface area contributed by atoms with Gasteiger partial charge in [-0.05, 0) is 17.5 Å². The van der Waals surface area contributed by atoms with Crippen LogP contribution in [0.4, 0.5) is 0 Å².